The van der Waals surface area contributed by atoms with Crippen molar-refractivity contribution < 1.29 is 25.3 Å². The van der Waals surface area contributed by atoms with E-state index < -0.39 is 6.03 Å². The number of rotatable bonds is 2. The molecular weight excluding hydrogens is 288 g/mol. The van der Waals surface area contributed by atoms with Crippen LogP contribution in [0.5, 0.6) is 17.2 Å². The molecule has 0 aliphatic rings. The topological polar surface area (TPSA) is 136 Å². The zero-order valence-corrected chi connectivity index (χ0v) is 11.5. The molecule has 0 unspecified atom stereocenters. The Labute approximate surface area is 126 Å². The van der Waals surface area contributed by atoms with Gasteiger partial charge >= 0.3 is 6.03 Å². The zero-order valence-electron chi connectivity index (χ0n) is 11.5. The van der Waals surface area contributed by atoms with Crippen LogP contribution in [0.4, 0.5) is 4.79 Å². The molecule has 0 spiro atoms. The molecule has 0 atom stereocenters. The Bertz CT molecular complexity index is 633. The zero-order chi connectivity index (χ0) is 16.5. The summed E-state index contributed by atoms with van der Waals surface area (Å²) >= 11 is 0. The second kappa shape index (κ2) is 8.18. The van der Waals surface area contributed by atoms with Crippen LogP contribution in [-0.2, 0) is 0 Å². The predicted molar refractivity (Wildman–Crippen MR) is 81.3 cm³/mol. The lowest BCUT2D eigenvalue weighted by Crippen LogP contribution is -2.25. The highest BCUT2D eigenvalue weighted by Crippen LogP contribution is 2.22. The van der Waals surface area contributed by atoms with Crippen molar-refractivity contribution in [2.24, 2.45) is 5.73 Å². The molecular formula is C15H16N2O5. The molecule has 0 aliphatic heterocycles. The Morgan fingerprint density at radius 1 is 0.864 bits per heavy atom. The molecule has 0 bridgehead atoms. The molecule has 2 aromatic rings. The minimum absolute atomic E-state index is 0.0235. The van der Waals surface area contributed by atoms with Crippen LogP contribution in [0.1, 0.15) is 11.1 Å². The Morgan fingerprint density at radius 2 is 1.32 bits per heavy atom. The fraction of sp³-hybridized carbons (Fsp3) is 0. The highest BCUT2D eigenvalue weighted by atomic mass is 16.5. The van der Waals surface area contributed by atoms with E-state index in [0.717, 1.165) is 5.56 Å². The monoisotopic (exact) mass is 304 g/mol. The van der Waals surface area contributed by atoms with Crippen LogP contribution < -0.4 is 11.2 Å². The Balaban J connectivity index is 0.000000422. The SMILES string of the molecule is NC(=O)NO.Oc1ccc(C=Cc2cc(O)cc(O)c2)cc1. The van der Waals surface area contributed by atoms with E-state index in [4.69, 9.17) is 10.3 Å². The number of carbonyl (C=O) groups is 1. The summed E-state index contributed by atoms with van der Waals surface area (Å²) in [6.07, 6.45) is 3.60. The smallest absolute Gasteiger partial charge is 0.335 e. The maximum absolute atomic E-state index is 9.30. The maximum Gasteiger partial charge on any atom is 0.335 e. The van der Waals surface area contributed by atoms with Crippen LogP contribution in [0.2, 0.25) is 0 Å². The number of hydroxylamine groups is 1. The van der Waals surface area contributed by atoms with Gasteiger partial charge in [-0.15, -0.1) is 0 Å². The lowest BCUT2D eigenvalue weighted by molar-refractivity contribution is 0.169. The molecule has 0 saturated heterocycles. The third-order valence-corrected chi connectivity index (χ3v) is 2.40. The second-order valence-corrected chi connectivity index (χ2v) is 4.18. The van der Waals surface area contributed by atoms with E-state index >= 15 is 0 Å². The van der Waals surface area contributed by atoms with E-state index in [-0.39, 0.29) is 17.2 Å². The van der Waals surface area contributed by atoms with Crippen LogP contribution >= 0.6 is 0 Å². The van der Waals surface area contributed by atoms with E-state index in [9.17, 15) is 15.0 Å². The van der Waals surface area contributed by atoms with Gasteiger partial charge in [0.05, 0.1) is 0 Å². The molecule has 0 heterocycles. The van der Waals surface area contributed by atoms with Gasteiger partial charge < -0.3 is 21.1 Å². The van der Waals surface area contributed by atoms with Crippen molar-refractivity contribution in [2.75, 3.05) is 0 Å². The number of primary amides is 1. The van der Waals surface area contributed by atoms with E-state index in [2.05, 4.69) is 5.73 Å². The number of hydrogen-bond donors (Lipinski definition) is 6. The Kier molecular flexibility index (Phi) is 6.27. The maximum atomic E-state index is 9.30. The van der Waals surface area contributed by atoms with Crippen molar-refractivity contribution in [3.63, 3.8) is 0 Å². The molecule has 7 N–H and O–H groups in total. The van der Waals surface area contributed by atoms with E-state index in [1.54, 1.807) is 42.5 Å². The average molecular weight is 304 g/mol. The predicted octanol–water partition coefficient (Wildman–Crippen LogP) is 2.02. The quantitative estimate of drug-likeness (QED) is 0.286. The van der Waals surface area contributed by atoms with Gasteiger partial charge in [-0.2, -0.15) is 0 Å². The number of phenols is 3. The lowest BCUT2D eigenvalue weighted by atomic mass is 10.1. The normalized spacial score (nSPS) is 9.86. The van der Waals surface area contributed by atoms with Crippen molar-refractivity contribution in [2.45, 2.75) is 0 Å². The van der Waals surface area contributed by atoms with Gasteiger partial charge in [0.15, 0.2) is 0 Å². The average Bonchev–Trinajstić information content (AvgIpc) is 2.46. The van der Waals surface area contributed by atoms with Crippen LogP contribution in [-0.4, -0.2) is 26.6 Å². The number of aromatic hydroxyl groups is 3. The van der Waals surface area contributed by atoms with Gasteiger partial charge in [-0.25, -0.2) is 10.3 Å². The molecule has 7 heteroatoms. The van der Waals surface area contributed by atoms with Crippen molar-refractivity contribution in [3.05, 3.63) is 53.6 Å². The molecule has 116 valence electrons. The number of benzene rings is 2. The molecule has 7 nitrogen and oxygen atoms in total. The summed E-state index contributed by atoms with van der Waals surface area (Å²) in [4.78, 5) is 9.23. The van der Waals surface area contributed by atoms with Crippen molar-refractivity contribution >= 4 is 18.2 Å². The van der Waals surface area contributed by atoms with E-state index in [1.165, 1.54) is 11.5 Å². The summed E-state index contributed by atoms with van der Waals surface area (Å²) < 4.78 is 0. The van der Waals surface area contributed by atoms with Crippen molar-refractivity contribution in [3.8, 4) is 17.2 Å². The highest BCUT2D eigenvalue weighted by Gasteiger charge is 1.95. The third kappa shape index (κ3) is 6.31. The van der Waals surface area contributed by atoms with Crippen LogP contribution in [0.15, 0.2) is 42.5 Å². The molecule has 0 aliphatic carbocycles. The number of carbonyl (C=O) groups excluding carboxylic acids is 1. The largest absolute Gasteiger partial charge is 0.508 e. The molecule has 0 saturated carbocycles. The molecule has 0 fully saturated rings. The first kappa shape index (κ1) is 16.9. The Hall–Kier alpha value is -3.19. The minimum Gasteiger partial charge on any atom is -0.508 e. The van der Waals surface area contributed by atoms with Gasteiger partial charge in [0.2, 0.25) is 0 Å². The van der Waals surface area contributed by atoms with Gasteiger partial charge in [0, 0.05) is 6.07 Å². The first-order valence-corrected chi connectivity index (χ1v) is 6.10. The summed E-state index contributed by atoms with van der Waals surface area (Å²) in [6, 6.07) is 10.2. The van der Waals surface area contributed by atoms with Crippen molar-refractivity contribution in [1.82, 2.24) is 5.48 Å². The summed E-state index contributed by atoms with van der Waals surface area (Å²) in [6.45, 7) is 0. The molecule has 2 amide bonds. The fourth-order valence-electron chi connectivity index (χ4n) is 1.49. The number of amides is 2. The first-order chi connectivity index (χ1) is 10.4. The van der Waals surface area contributed by atoms with Crippen LogP contribution in [0.3, 0.4) is 0 Å². The second-order valence-electron chi connectivity index (χ2n) is 4.18. The van der Waals surface area contributed by atoms with Gasteiger partial charge in [0.1, 0.15) is 17.2 Å². The van der Waals surface area contributed by atoms with Gasteiger partial charge in [0.25, 0.3) is 0 Å². The molecule has 0 radical (unpaired) electrons. The van der Waals surface area contributed by atoms with Gasteiger partial charge in [-0.1, -0.05) is 24.3 Å². The standard InChI is InChI=1S/C14H12O3.CH4N2O2/c15-12-5-3-10(4-6-12)1-2-11-7-13(16)9-14(17)8-11;2-1(4)3-5/h1-9,15-17H;5H,(H3,2,3,4). The lowest BCUT2D eigenvalue weighted by Gasteiger charge is -1.98. The molecule has 22 heavy (non-hydrogen) atoms. The molecule has 2 rings (SSSR count). The number of phenolic OH excluding ortho intramolecular Hbond substituents is 3. The number of hydrogen-bond acceptors (Lipinski definition) is 5. The minimum atomic E-state index is -0.940. The molecule has 2 aromatic carbocycles. The summed E-state index contributed by atoms with van der Waals surface area (Å²) in [5.74, 6) is 0.267. The van der Waals surface area contributed by atoms with E-state index in [1.807, 2.05) is 6.08 Å². The van der Waals surface area contributed by atoms with E-state index in [0.29, 0.717) is 5.56 Å². The number of urea groups is 1. The fourth-order valence-corrected chi connectivity index (χ4v) is 1.49. The van der Waals surface area contributed by atoms with Crippen LogP contribution in [0, 0.1) is 0 Å². The highest BCUT2D eigenvalue weighted by molar-refractivity contribution is 5.71. The number of nitrogens with two attached hydrogens (primary N) is 1. The van der Waals surface area contributed by atoms with Gasteiger partial charge in [-0.05, 0) is 35.4 Å². The van der Waals surface area contributed by atoms with Crippen molar-refractivity contribution in [1.29, 1.82) is 0 Å². The third-order valence-electron chi connectivity index (χ3n) is 2.40. The summed E-state index contributed by atoms with van der Waals surface area (Å²) in [7, 11) is 0. The van der Waals surface area contributed by atoms with Gasteiger partial charge in [-0.3, -0.25) is 5.21 Å². The summed E-state index contributed by atoms with van der Waals surface area (Å²) in [5.41, 5.74) is 7.08. The Morgan fingerprint density at radius 3 is 1.77 bits per heavy atom. The summed E-state index contributed by atoms with van der Waals surface area (Å²) in [5, 5.41) is 35.1. The first-order valence-electron chi connectivity index (χ1n) is 6.10. The van der Waals surface area contributed by atoms with Crippen LogP contribution in [0.25, 0.3) is 12.2 Å². The molecule has 0 aromatic heterocycles. The number of nitrogens with one attached hydrogen (secondary N) is 1.